The number of hydrogen-bond donors (Lipinski definition) is 0. The lowest BCUT2D eigenvalue weighted by Gasteiger charge is -2.36. The van der Waals surface area contributed by atoms with Crippen molar-refractivity contribution < 1.29 is 19.2 Å². The van der Waals surface area contributed by atoms with Crippen LogP contribution in [0, 0.1) is 0 Å². The lowest BCUT2D eigenvalue weighted by molar-refractivity contribution is -0.185. The molecule has 1 aromatic carbocycles. The van der Waals surface area contributed by atoms with E-state index in [0.717, 1.165) is 6.54 Å². The van der Waals surface area contributed by atoms with Crippen LogP contribution in [0.3, 0.4) is 0 Å². The number of carbonyl (C=O) groups excluding carboxylic acids is 2. The predicted octanol–water partition coefficient (Wildman–Crippen LogP) is 0.547. The molecule has 6 heteroatoms. The molecule has 2 rings (SSSR count). The van der Waals surface area contributed by atoms with Gasteiger partial charge in [-0.1, -0.05) is 18.2 Å². The molecule has 0 spiro atoms. The summed E-state index contributed by atoms with van der Waals surface area (Å²) in [6.07, 6.45) is 0. The molecular formula is C14H18N2O4. The SMILES string of the molecule is COC(=O)C1CN(C)CCN1OC(=O)c1ccccc1. The lowest BCUT2D eigenvalue weighted by Crippen LogP contribution is -2.55. The first-order chi connectivity index (χ1) is 9.61. The van der Waals surface area contributed by atoms with Crippen LogP contribution in [-0.2, 0) is 14.4 Å². The van der Waals surface area contributed by atoms with E-state index < -0.39 is 18.0 Å². The molecule has 1 heterocycles. The van der Waals surface area contributed by atoms with Crippen molar-refractivity contribution in [1.29, 1.82) is 0 Å². The lowest BCUT2D eigenvalue weighted by atomic mass is 10.2. The van der Waals surface area contributed by atoms with Gasteiger partial charge in [0.05, 0.1) is 12.7 Å². The number of esters is 1. The molecule has 0 amide bonds. The summed E-state index contributed by atoms with van der Waals surface area (Å²) in [4.78, 5) is 31.1. The fraction of sp³-hybridized carbons (Fsp3) is 0.429. The van der Waals surface area contributed by atoms with E-state index in [-0.39, 0.29) is 0 Å². The molecule has 0 aromatic heterocycles. The summed E-state index contributed by atoms with van der Waals surface area (Å²) >= 11 is 0. The molecule has 1 saturated heterocycles. The second-order valence-electron chi connectivity index (χ2n) is 4.69. The van der Waals surface area contributed by atoms with Crippen molar-refractivity contribution in [3.63, 3.8) is 0 Å². The Morgan fingerprint density at radius 2 is 1.90 bits per heavy atom. The molecule has 0 radical (unpaired) electrons. The zero-order chi connectivity index (χ0) is 14.5. The topological polar surface area (TPSA) is 59.1 Å². The van der Waals surface area contributed by atoms with Crippen LogP contribution in [0.2, 0.25) is 0 Å². The number of ether oxygens (including phenoxy) is 1. The molecule has 1 aliphatic heterocycles. The third kappa shape index (κ3) is 3.34. The number of methoxy groups -OCH3 is 1. The van der Waals surface area contributed by atoms with Crippen LogP contribution in [0.5, 0.6) is 0 Å². The summed E-state index contributed by atoms with van der Waals surface area (Å²) in [7, 11) is 3.24. The van der Waals surface area contributed by atoms with Gasteiger partial charge in [0, 0.05) is 19.6 Å². The molecule has 1 aromatic rings. The molecular weight excluding hydrogens is 260 g/mol. The number of carbonyl (C=O) groups is 2. The van der Waals surface area contributed by atoms with E-state index in [1.807, 2.05) is 18.0 Å². The minimum Gasteiger partial charge on any atom is -0.468 e. The van der Waals surface area contributed by atoms with Crippen LogP contribution in [0.15, 0.2) is 30.3 Å². The molecule has 20 heavy (non-hydrogen) atoms. The summed E-state index contributed by atoms with van der Waals surface area (Å²) in [5.41, 5.74) is 0.454. The number of hydroxylamine groups is 2. The first-order valence-electron chi connectivity index (χ1n) is 6.42. The van der Waals surface area contributed by atoms with Crippen molar-refractivity contribution in [2.75, 3.05) is 33.8 Å². The van der Waals surface area contributed by atoms with Crippen LogP contribution in [0.1, 0.15) is 10.4 Å². The maximum Gasteiger partial charge on any atom is 0.357 e. The highest BCUT2D eigenvalue weighted by Gasteiger charge is 2.34. The summed E-state index contributed by atoms with van der Waals surface area (Å²) in [6, 6.07) is 8.10. The maximum absolute atomic E-state index is 12.0. The first kappa shape index (κ1) is 14.5. The van der Waals surface area contributed by atoms with E-state index in [1.54, 1.807) is 24.3 Å². The van der Waals surface area contributed by atoms with Gasteiger partial charge in [-0.3, -0.25) is 4.79 Å². The van der Waals surface area contributed by atoms with Crippen molar-refractivity contribution in [3.05, 3.63) is 35.9 Å². The smallest absolute Gasteiger partial charge is 0.357 e. The number of piperazine rings is 1. The minimum absolute atomic E-state index is 0.405. The Balaban J connectivity index is 2.06. The van der Waals surface area contributed by atoms with Gasteiger partial charge in [-0.15, -0.1) is 5.06 Å². The van der Waals surface area contributed by atoms with Gasteiger partial charge in [0.15, 0.2) is 6.04 Å². The highest BCUT2D eigenvalue weighted by atomic mass is 16.7. The second kappa shape index (κ2) is 6.49. The van der Waals surface area contributed by atoms with Crippen LogP contribution in [-0.4, -0.2) is 61.7 Å². The fourth-order valence-electron chi connectivity index (χ4n) is 2.07. The Morgan fingerprint density at radius 1 is 1.20 bits per heavy atom. The van der Waals surface area contributed by atoms with E-state index in [4.69, 9.17) is 9.57 Å². The largest absolute Gasteiger partial charge is 0.468 e. The van der Waals surface area contributed by atoms with Gasteiger partial charge in [-0.2, -0.15) is 0 Å². The van der Waals surface area contributed by atoms with Gasteiger partial charge >= 0.3 is 11.9 Å². The molecule has 0 bridgehead atoms. The van der Waals surface area contributed by atoms with Gasteiger partial charge in [-0.25, -0.2) is 4.79 Å². The van der Waals surface area contributed by atoms with E-state index in [0.29, 0.717) is 18.7 Å². The van der Waals surface area contributed by atoms with E-state index in [1.165, 1.54) is 12.2 Å². The molecule has 1 unspecified atom stereocenters. The average Bonchev–Trinajstić information content (AvgIpc) is 2.49. The number of hydrogen-bond acceptors (Lipinski definition) is 6. The zero-order valence-electron chi connectivity index (χ0n) is 11.6. The van der Waals surface area contributed by atoms with E-state index in [2.05, 4.69) is 0 Å². The predicted molar refractivity (Wildman–Crippen MR) is 71.9 cm³/mol. The van der Waals surface area contributed by atoms with Crippen molar-refractivity contribution in [2.45, 2.75) is 6.04 Å². The highest BCUT2D eigenvalue weighted by Crippen LogP contribution is 2.13. The monoisotopic (exact) mass is 278 g/mol. The Labute approximate surface area is 117 Å². The Morgan fingerprint density at radius 3 is 2.55 bits per heavy atom. The third-order valence-corrected chi connectivity index (χ3v) is 3.22. The molecule has 0 N–H and O–H groups in total. The quantitative estimate of drug-likeness (QED) is 0.752. The standard InChI is InChI=1S/C14H18N2O4/c1-15-8-9-16(12(10-15)14(18)19-2)20-13(17)11-6-4-3-5-7-11/h3-7,12H,8-10H2,1-2H3. The zero-order valence-corrected chi connectivity index (χ0v) is 11.6. The molecule has 6 nitrogen and oxygen atoms in total. The van der Waals surface area contributed by atoms with Gasteiger partial charge in [0.25, 0.3) is 0 Å². The number of benzene rings is 1. The first-order valence-corrected chi connectivity index (χ1v) is 6.42. The average molecular weight is 278 g/mol. The Bertz CT molecular complexity index is 477. The summed E-state index contributed by atoms with van der Waals surface area (Å²) < 4.78 is 4.76. The molecule has 0 saturated carbocycles. The third-order valence-electron chi connectivity index (χ3n) is 3.22. The Kier molecular flexibility index (Phi) is 4.70. The molecule has 1 aliphatic rings. The van der Waals surface area contributed by atoms with Gasteiger partial charge in [-0.05, 0) is 19.2 Å². The van der Waals surface area contributed by atoms with Crippen LogP contribution in [0.25, 0.3) is 0 Å². The number of likely N-dealkylation sites (N-methyl/N-ethyl adjacent to an activating group) is 1. The van der Waals surface area contributed by atoms with Gasteiger partial charge < -0.3 is 14.5 Å². The number of nitrogens with zero attached hydrogens (tertiary/aromatic N) is 2. The Hall–Kier alpha value is -1.92. The van der Waals surface area contributed by atoms with Crippen molar-refractivity contribution in [3.8, 4) is 0 Å². The van der Waals surface area contributed by atoms with Crippen LogP contribution >= 0.6 is 0 Å². The minimum atomic E-state index is -0.591. The van der Waals surface area contributed by atoms with Crippen LogP contribution < -0.4 is 0 Å². The summed E-state index contributed by atoms with van der Waals surface area (Å²) in [5, 5.41) is 1.40. The van der Waals surface area contributed by atoms with Gasteiger partial charge in [0.2, 0.25) is 0 Å². The maximum atomic E-state index is 12.0. The number of rotatable bonds is 3. The molecule has 108 valence electrons. The van der Waals surface area contributed by atoms with Crippen LogP contribution in [0.4, 0.5) is 0 Å². The molecule has 1 fully saturated rings. The van der Waals surface area contributed by atoms with Crippen molar-refractivity contribution in [1.82, 2.24) is 9.96 Å². The van der Waals surface area contributed by atoms with Crippen molar-refractivity contribution >= 4 is 11.9 Å². The second-order valence-corrected chi connectivity index (χ2v) is 4.69. The molecule has 0 aliphatic carbocycles. The summed E-state index contributed by atoms with van der Waals surface area (Å²) in [6.45, 7) is 1.65. The van der Waals surface area contributed by atoms with E-state index in [9.17, 15) is 9.59 Å². The molecule has 1 atom stereocenters. The fourth-order valence-corrected chi connectivity index (χ4v) is 2.07. The summed E-state index contributed by atoms with van der Waals surface area (Å²) in [5.74, 6) is -0.874. The van der Waals surface area contributed by atoms with E-state index >= 15 is 0 Å². The highest BCUT2D eigenvalue weighted by molar-refractivity contribution is 5.89. The van der Waals surface area contributed by atoms with Crippen molar-refractivity contribution in [2.24, 2.45) is 0 Å². The van der Waals surface area contributed by atoms with Gasteiger partial charge in [0.1, 0.15) is 0 Å². The normalized spacial score (nSPS) is 20.4.